The van der Waals surface area contributed by atoms with Crippen LogP contribution in [0.2, 0.25) is 0 Å². The SMILES string of the molecule is O=Cc1ccc(-n2c3ccccc3c3c(-c4nc5ccc(F)cc5[nH]4)cccc32)cc1NCC1(O)CCCC1. The van der Waals surface area contributed by atoms with Crippen LogP contribution >= 0.6 is 0 Å². The van der Waals surface area contributed by atoms with Gasteiger partial charge in [-0.05, 0) is 61.4 Å². The molecule has 2 aromatic heterocycles. The Labute approximate surface area is 224 Å². The number of aldehydes is 1. The molecule has 0 unspecified atom stereocenters. The monoisotopic (exact) mass is 518 g/mol. The van der Waals surface area contributed by atoms with Gasteiger partial charge >= 0.3 is 0 Å². The highest BCUT2D eigenvalue weighted by molar-refractivity contribution is 6.15. The molecule has 6 nitrogen and oxygen atoms in total. The molecule has 6 aromatic rings. The number of nitrogens with one attached hydrogen (secondary N) is 2. The van der Waals surface area contributed by atoms with Crippen molar-refractivity contribution in [3.8, 4) is 17.1 Å². The van der Waals surface area contributed by atoms with Crippen LogP contribution in [0.3, 0.4) is 0 Å². The Bertz CT molecular complexity index is 1880. The van der Waals surface area contributed by atoms with Crippen LogP contribution in [-0.2, 0) is 0 Å². The smallest absolute Gasteiger partial charge is 0.152 e. The van der Waals surface area contributed by atoms with Gasteiger partial charge in [-0.15, -0.1) is 0 Å². The molecule has 1 aliphatic carbocycles. The molecule has 2 heterocycles. The first-order valence-electron chi connectivity index (χ1n) is 13.3. The van der Waals surface area contributed by atoms with Gasteiger partial charge < -0.3 is 20.0 Å². The lowest BCUT2D eigenvalue weighted by Gasteiger charge is -2.24. The van der Waals surface area contributed by atoms with Gasteiger partial charge in [0.25, 0.3) is 0 Å². The average molecular weight is 519 g/mol. The van der Waals surface area contributed by atoms with E-state index in [1.165, 1.54) is 12.1 Å². The maximum absolute atomic E-state index is 13.9. The van der Waals surface area contributed by atoms with Crippen LogP contribution in [0.1, 0.15) is 36.0 Å². The summed E-state index contributed by atoms with van der Waals surface area (Å²) in [6, 6.07) is 24.6. The number of imidazole rings is 1. The van der Waals surface area contributed by atoms with E-state index < -0.39 is 5.60 Å². The molecule has 4 aromatic carbocycles. The van der Waals surface area contributed by atoms with Crippen molar-refractivity contribution in [2.45, 2.75) is 31.3 Å². The van der Waals surface area contributed by atoms with Crippen molar-refractivity contribution in [3.05, 3.63) is 90.2 Å². The van der Waals surface area contributed by atoms with Gasteiger partial charge in [-0.2, -0.15) is 0 Å². The summed E-state index contributed by atoms with van der Waals surface area (Å²) in [5.74, 6) is 0.364. The van der Waals surface area contributed by atoms with Crippen molar-refractivity contribution in [1.29, 1.82) is 0 Å². The lowest BCUT2D eigenvalue weighted by Crippen LogP contribution is -2.33. The normalized spacial score (nSPS) is 14.9. The summed E-state index contributed by atoms with van der Waals surface area (Å²) in [7, 11) is 0. The van der Waals surface area contributed by atoms with Crippen molar-refractivity contribution in [1.82, 2.24) is 14.5 Å². The summed E-state index contributed by atoms with van der Waals surface area (Å²) in [6.07, 6.45) is 4.41. The molecule has 0 atom stereocenters. The van der Waals surface area contributed by atoms with E-state index in [0.717, 1.165) is 65.0 Å². The third-order valence-corrected chi connectivity index (χ3v) is 7.96. The van der Waals surface area contributed by atoms with Crippen LogP contribution in [0.15, 0.2) is 78.9 Å². The van der Waals surface area contributed by atoms with Gasteiger partial charge in [0.2, 0.25) is 0 Å². The van der Waals surface area contributed by atoms with E-state index in [1.54, 1.807) is 6.07 Å². The Kier molecular flexibility index (Phi) is 5.49. The molecule has 0 spiro atoms. The number of nitrogens with zero attached hydrogens (tertiary/aromatic N) is 2. The number of aliphatic hydroxyl groups is 1. The molecule has 0 saturated heterocycles. The van der Waals surface area contributed by atoms with Gasteiger partial charge in [-0.3, -0.25) is 4.79 Å². The molecule has 1 aliphatic rings. The van der Waals surface area contributed by atoms with Crippen molar-refractivity contribution in [2.24, 2.45) is 0 Å². The molecular formula is C32H27FN4O2. The molecule has 194 valence electrons. The highest BCUT2D eigenvalue weighted by atomic mass is 19.1. The maximum Gasteiger partial charge on any atom is 0.152 e. The number of anilines is 1. The van der Waals surface area contributed by atoms with Gasteiger partial charge in [0.1, 0.15) is 11.6 Å². The standard InChI is InChI=1S/C32H27FN4O2/c33-21-11-13-25-27(16-21)36-31(35-25)24-7-5-9-29-30(24)23-6-1-2-8-28(23)37(29)22-12-10-20(18-38)26(17-22)34-19-32(39)14-3-4-15-32/h1-2,5-13,16-18,34,39H,3-4,14-15,19H2,(H,35,36). The molecule has 0 bridgehead atoms. The first-order valence-corrected chi connectivity index (χ1v) is 13.3. The second-order valence-corrected chi connectivity index (χ2v) is 10.5. The third-order valence-electron chi connectivity index (χ3n) is 7.96. The Morgan fingerprint density at radius 1 is 1.00 bits per heavy atom. The lowest BCUT2D eigenvalue weighted by atomic mass is 10.0. The second-order valence-electron chi connectivity index (χ2n) is 10.5. The number of H-pyrrole nitrogens is 1. The fourth-order valence-corrected chi connectivity index (χ4v) is 6.01. The quantitative estimate of drug-likeness (QED) is 0.207. The van der Waals surface area contributed by atoms with Crippen molar-refractivity contribution in [2.75, 3.05) is 11.9 Å². The fourth-order valence-electron chi connectivity index (χ4n) is 6.01. The number of carbonyl (C=O) groups is 1. The van der Waals surface area contributed by atoms with Crippen molar-refractivity contribution in [3.63, 3.8) is 0 Å². The van der Waals surface area contributed by atoms with E-state index in [0.29, 0.717) is 34.7 Å². The average Bonchev–Trinajstić information content (AvgIpc) is 3.67. The number of aromatic nitrogens is 3. The maximum atomic E-state index is 13.9. The van der Waals surface area contributed by atoms with Gasteiger partial charge in [0.05, 0.1) is 27.7 Å². The number of halogens is 1. The van der Waals surface area contributed by atoms with Crippen LogP contribution in [0.4, 0.5) is 10.1 Å². The predicted octanol–water partition coefficient (Wildman–Crippen LogP) is 7.00. The number of benzene rings is 4. The van der Waals surface area contributed by atoms with Crippen molar-refractivity contribution < 1.29 is 14.3 Å². The second kappa shape index (κ2) is 9.06. The number of hydrogen-bond donors (Lipinski definition) is 3. The zero-order chi connectivity index (χ0) is 26.6. The number of carbonyl (C=O) groups excluding carboxylic acids is 1. The van der Waals surface area contributed by atoms with Crippen molar-refractivity contribution >= 4 is 44.8 Å². The molecule has 0 radical (unpaired) electrons. The minimum Gasteiger partial charge on any atom is -0.388 e. The number of para-hydroxylation sites is 1. The first kappa shape index (κ1) is 23.6. The largest absolute Gasteiger partial charge is 0.388 e. The zero-order valence-corrected chi connectivity index (χ0v) is 21.2. The van der Waals surface area contributed by atoms with E-state index in [4.69, 9.17) is 4.98 Å². The van der Waals surface area contributed by atoms with Crippen LogP contribution < -0.4 is 5.32 Å². The Morgan fingerprint density at radius 2 is 1.82 bits per heavy atom. The number of rotatable bonds is 6. The minimum atomic E-state index is -0.743. The lowest BCUT2D eigenvalue weighted by molar-refractivity contribution is 0.0614. The van der Waals surface area contributed by atoms with E-state index >= 15 is 0 Å². The molecule has 1 saturated carbocycles. The molecule has 3 N–H and O–H groups in total. The van der Waals surface area contributed by atoms with E-state index in [9.17, 15) is 14.3 Å². The van der Waals surface area contributed by atoms with E-state index in [-0.39, 0.29) is 5.82 Å². The Hall–Kier alpha value is -4.49. The fraction of sp³-hybridized carbons (Fsp3) is 0.188. The molecule has 1 fully saturated rings. The van der Waals surface area contributed by atoms with E-state index in [2.05, 4.69) is 33.1 Å². The van der Waals surface area contributed by atoms with Gasteiger partial charge in [-0.1, -0.05) is 43.2 Å². The minimum absolute atomic E-state index is 0.309. The summed E-state index contributed by atoms with van der Waals surface area (Å²) in [4.78, 5) is 19.9. The van der Waals surface area contributed by atoms with Crippen LogP contribution in [0.25, 0.3) is 49.9 Å². The van der Waals surface area contributed by atoms with Crippen LogP contribution in [0.5, 0.6) is 0 Å². The molecule has 0 amide bonds. The first-order chi connectivity index (χ1) is 19.0. The predicted molar refractivity (Wildman–Crippen MR) is 153 cm³/mol. The van der Waals surface area contributed by atoms with Crippen LogP contribution in [-0.4, -0.2) is 38.1 Å². The Balaban J connectivity index is 1.40. The topological polar surface area (TPSA) is 82.9 Å². The van der Waals surface area contributed by atoms with Gasteiger partial charge in [0.15, 0.2) is 6.29 Å². The summed E-state index contributed by atoms with van der Waals surface area (Å²) < 4.78 is 16.0. The Morgan fingerprint density at radius 3 is 2.67 bits per heavy atom. The summed E-state index contributed by atoms with van der Waals surface area (Å²) in [5, 5.41) is 16.3. The third kappa shape index (κ3) is 3.97. The molecule has 0 aliphatic heterocycles. The highest BCUT2D eigenvalue weighted by Crippen LogP contribution is 2.39. The van der Waals surface area contributed by atoms with Crippen LogP contribution in [0, 0.1) is 5.82 Å². The highest BCUT2D eigenvalue weighted by Gasteiger charge is 2.31. The van der Waals surface area contributed by atoms with E-state index in [1.807, 2.05) is 42.5 Å². The molecule has 39 heavy (non-hydrogen) atoms. The summed E-state index contributed by atoms with van der Waals surface area (Å²) in [5.41, 5.74) is 5.68. The number of fused-ring (bicyclic) bond motifs is 4. The zero-order valence-electron chi connectivity index (χ0n) is 21.2. The van der Waals surface area contributed by atoms with Gasteiger partial charge in [0, 0.05) is 39.8 Å². The number of aromatic amines is 1. The molecule has 7 heteroatoms. The summed E-state index contributed by atoms with van der Waals surface area (Å²) in [6.45, 7) is 0.404. The molecular weight excluding hydrogens is 491 g/mol. The molecule has 7 rings (SSSR count). The number of hydrogen-bond acceptors (Lipinski definition) is 4. The summed E-state index contributed by atoms with van der Waals surface area (Å²) >= 11 is 0. The van der Waals surface area contributed by atoms with Gasteiger partial charge in [-0.25, -0.2) is 9.37 Å².